The standard InChI is InChI=1S/C8H2ClF2N2O2/c9-4-5(11)2(10)1-3-6(4)13-8(15)7(14)12-3/h1H,(H,12,14). The highest BCUT2D eigenvalue weighted by atomic mass is 35.5. The molecule has 2 amide bonds. The van der Waals surface area contributed by atoms with Gasteiger partial charge in [0.15, 0.2) is 11.6 Å². The third-order valence-corrected chi connectivity index (χ3v) is 2.14. The number of nitrogens with one attached hydrogen (secondary N) is 1. The van der Waals surface area contributed by atoms with Gasteiger partial charge in [0.25, 0.3) is 0 Å². The van der Waals surface area contributed by atoms with Gasteiger partial charge in [-0.2, -0.15) is 0 Å². The van der Waals surface area contributed by atoms with Crippen molar-refractivity contribution >= 4 is 34.8 Å². The average Bonchev–Trinajstić information content (AvgIpc) is 2.19. The van der Waals surface area contributed by atoms with Crippen molar-refractivity contribution in [3.05, 3.63) is 22.7 Å². The highest BCUT2D eigenvalue weighted by Gasteiger charge is 2.29. The molecule has 0 bridgehead atoms. The second-order valence-electron chi connectivity index (χ2n) is 2.75. The van der Waals surface area contributed by atoms with Crippen LogP contribution in [0.5, 0.6) is 0 Å². The van der Waals surface area contributed by atoms with Crippen LogP contribution in [0.4, 0.5) is 20.2 Å². The Kier molecular flexibility index (Phi) is 2.08. The third-order valence-electron chi connectivity index (χ3n) is 1.79. The number of anilines is 1. The van der Waals surface area contributed by atoms with E-state index >= 15 is 0 Å². The molecule has 0 aliphatic carbocycles. The van der Waals surface area contributed by atoms with Crippen molar-refractivity contribution in [3.8, 4) is 0 Å². The van der Waals surface area contributed by atoms with E-state index < -0.39 is 28.5 Å². The molecule has 1 N–H and O–H groups in total. The Morgan fingerprint density at radius 3 is 2.67 bits per heavy atom. The van der Waals surface area contributed by atoms with Crippen molar-refractivity contribution in [2.45, 2.75) is 0 Å². The van der Waals surface area contributed by atoms with E-state index in [1.165, 1.54) is 0 Å². The summed E-state index contributed by atoms with van der Waals surface area (Å²) in [6.07, 6.45) is 0. The Balaban J connectivity index is 2.63. The van der Waals surface area contributed by atoms with Gasteiger partial charge >= 0.3 is 11.8 Å². The lowest BCUT2D eigenvalue weighted by Crippen LogP contribution is -2.33. The lowest BCUT2D eigenvalue weighted by molar-refractivity contribution is -0.135. The van der Waals surface area contributed by atoms with Crippen LogP contribution in [0.25, 0.3) is 0 Å². The molecular formula is C8H2ClF2N2O2. The molecule has 1 aromatic carbocycles. The number of benzene rings is 1. The smallest absolute Gasteiger partial charge is 0.316 e. The molecule has 1 radical (unpaired) electrons. The monoisotopic (exact) mass is 231 g/mol. The predicted molar refractivity (Wildman–Crippen MR) is 46.8 cm³/mol. The van der Waals surface area contributed by atoms with E-state index in [1.54, 1.807) is 0 Å². The van der Waals surface area contributed by atoms with Crippen molar-refractivity contribution < 1.29 is 18.4 Å². The van der Waals surface area contributed by atoms with Crippen LogP contribution >= 0.6 is 11.6 Å². The summed E-state index contributed by atoms with van der Waals surface area (Å²) in [4.78, 5) is 21.7. The largest absolute Gasteiger partial charge is 0.335 e. The van der Waals surface area contributed by atoms with E-state index in [4.69, 9.17) is 11.6 Å². The molecule has 1 aliphatic rings. The van der Waals surface area contributed by atoms with Gasteiger partial charge in [-0.1, -0.05) is 11.6 Å². The zero-order valence-corrected chi connectivity index (χ0v) is 7.73. The molecule has 4 nitrogen and oxygen atoms in total. The highest BCUT2D eigenvalue weighted by Crippen LogP contribution is 2.36. The second kappa shape index (κ2) is 3.16. The fraction of sp³-hybridized carbons (Fsp3) is 0. The van der Waals surface area contributed by atoms with Crippen molar-refractivity contribution in [1.82, 2.24) is 5.32 Å². The van der Waals surface area contributed by atoms with Gasteiger partial charge in [-0.3, -0.25) is 9.59 Å². The maximum absolute atomic E-state index is 13.0. The summed E-state index contributed by atoms with van der Waals surface area (Å²) in [6.45, 7) is 0. The van der Waals surface area contributed by atoms with Gasteiger partial charge in [0, 0.05) is 6.07 Å². The van der Waals surface area contributed by atoms with Crippen LogP contribution in [0.15, 0.2) is 6.07 Å². The summed E-state index contributed by atoms with van der Waals surface area (Å²) in [5.41, 5.74) is -0.385. The molecule has 1 heterocycles. The molecule has 0 unspecified atom stereocenters. The van der Waals surface area contributed by atoms with Crippen molar-refractivity contribution in [2.24, 2.45) is 0 Å². The fourth-order valence-corrected chi connectivity index (χ4v) is 1.35. The minimum Gasteiger partial charge on any atom is -0.316 e. The number of amides is 2. The Hall–Kier alpha value is -1.69. The minimum atomic E-state index is -1.30. The molecule has 1 aliphatic heterocycles. The van der Waals surface area contributed by atoms with Crippen molar-refractivity contribution in [1.29, 1.82) is 0 Å². The molecule has 0 atom stereocenters. The Bertz CT molecular complexity index is 490. The Morgan fingerprint density at radius 2 is 2.00 bits per heavy atom. The summed E-state index contributed by atoms with van der Waals surface area (Å²) in [7, 11) is 0. The maximum atomic E-state index is 13.0. The summed E-state index contributed by atoms with van der Waals surface area (Å²) in [6, 6.07) is 0.713. The molecule has 0 aromatic heterocycles. The average molecular weight is 232 g/mol. The number of hydrogen-bond acceptors (Lipinski definition) is 2. The van der Waals surface area contributed by atoms with E-state index in [1.807, 2.05) is 5.32 Å². The van der Waals surface area contributed by atoms with Crippen LogP contribution in [0.2, 0.25) is 5.02 Å². The van der Waals surface area contributed by atoms with E-state index in [-0.39, 0.29) is 11.4 Å². The number of hydrogen-bond donors (Lipinski definition) is 1. The van der Waals surface area contributed by atoms with Gasteiger partial charge in [-0.15, -0.1) is 0 Å². The van der Waals surface area contributed by atoms with Gasteiger partial charge < -0.3 is 5.32 Å². The predicted octanol–water partition coefficient (Wildman–Crippen LogP) is 1.33. The number of rotatable bonds is 0. The van der Waals surface area contributed by atoms with E-state index in [0.29, 0.717) is 6.07 Å². The summed E-state index contributed by atoms with van der Waals surface area (Å²) >= 11 is 5.42. The molecule has 0 fully saturated rings. The Morgan fingerprint density at radius 1 is 1.33 bits per heavy atom. The molecule has 77 valence electrons. The number of fused-ring (bicyclic) bond motifs is 1. The van der Waals surface area contributed by atoms with E-state index in [9.17, 15) is 18.4 Å². The van der Waals surface area contributed by atoms with Gasteiger partial charge in [0.2, 0.25) is 0 Å². The van der Waals surface area contributed by atoms with Gasteiger partial charge in [-0.05, 0) is 0 Å². The number of halogens is 3. The zero-order valence-electron chi connectivity index (χ0n) is 6.97. The van der Waals surface area contributed by atoms with E-state index in [0.717, 1.165) is 0 Å². The highest BCUT2D eigenvalue weighted by molar-refractivity contribution is 6.44. The number of carbonyl (C=O) groups is 2. The zero-order chi connectivity index (χ0) is 11.2. The van der Waals surface area contributed by atoms with Gasteiger partial charge in [-0.25, -0.2) is 14.1 Å². The van der Waals surface area contributed by atoms with Crippen LogP contribution in [-0.2, 0) is 9.59 Å². The second-order valence-corrected chi connectivity index (χ2v) is 3.13. The number of nitrogens with zero attached hydrogens (tertiary/aromatic N) is 1. The first-order valence-corrected chi connectivity index (χ1v) is 4.13. The Labute approximate surface area is 87.2 Å². The van der Waals surface area contributed by atoms with E-state index in [2.05, 4.69) is 5.32 Å². The van der Waals surface area contributed by atoms with Gasteiger partial charge in [0.05, 0.1) is 5.69 Å². The van der Waals surface area contributed by atoms with Crippen LogP contribution in [0.1, 0.15) is 0 Å². The first-order valence-electron chi connectivity index (χ1n) is 3.75. The van der Waals surface area contributed by atoms with Crippen LogP contribution in [-0.4, -0.2) is 11.8 Å². The molecule has 7 heteroatoms. The van der Waals surface area contributed by atoms with Crippen molar-refractivity contribution in [2.75, 3.05) is 5.32 Å². The SMILES string of the molecule is O=C1[N]c2c(cc(F)c(F)c2Cl)NC1=O. The molecule has 0 saturated heterocycles. The molecule has 2 rings (SSSR count). The van der Waals surface area contributed by atoms with Crippen LogP contribution in [0.3, 0.4) is 0 Å². The summed E-state index contributed by atoms with van der Waals surface area (Å²) < 4.78 is 25.8. The first kappa shape index (κ1) is 9.85. The molecule has 0 spiro atoms. The quantitative estimate of drug-likeness (QED) is 0.541. The lowest BCUT2D eigenvalue weighted by atomic mass is 10.2. The number of carbonyl (C=O) groups excluding carboxylic acids is 2. The lowest BCUT2D eigenvalue weighted by Gasteiger charge is -2.16. The van der Waals surface area contributed by atoms with Gasteiger partial charge in [0.1, 0.15) is 10.7 Å². The summed E-state index contributed by atoms with van der Waals surface area (Å²) in [5.74, 6) is -4.63. The molecule has 0 saturated carbocycles. The molecular weight excluding hydrogens is 230 g/mol. The minimum absolute atomic E-state index is 0.122. The normalized spacial score (nSPS) is 14.3. The van der Waals surface area contributed by atoms with Crippen LogP contribution < -0.4 is 10.6 Å². The first-order chi connectivity index (χ1) is 7.00. The molecule has 15 heavy (non-hydrogen) atoms. The molecule has 1 aromatic rings. The van der Waals surface area contributed by atoms with Crippen LogP contribution in [0, 0.1) is 11.6 Å². The fourth-order valence-electron chi connectivity index (χ4n) is 1.12. The van der Waals surface area contributed by atoms with Crippen molar-refractivity contribution in [3.63, 3.8) is 0 Å². The summed E-state index contributed by atoms with van der Waals surface area (Å²) in [5, 5.41) is 4.66. The third kappa shape index (κ3) is 1.42. The topological polar surface area (TPSA) is 60.3 Å². The maximum Gasteiger partial charge on any atom is 0.335 e.